The topological polar surface area (TPSA) is 106 Å². The first kappa shape index (κ1) is 20.2. The summed E-state index contributed by atoms with van der Waals surface area (Å²) in [7, 11) is 1.59. The quantitative estimate of drug-likeness (QED) is 0.461. The molecule has 0 saturated heterocycles. The normalized spacial score (nSPS) is 10.7. The zero-order chi connectivity index (χ0) is 20.6. The van der Waals surface area contributed by atoms with Gasteiger partial charge in [0.05, 0.1) is 19.7 Å². The van der Waals surface area contributed by atoms with Crippen LogP contribution in [0.5, 0.6) is 5.75 Å². The third-order valence-corrected chi connectivity index (χ3v) is 4.67. The van der Waals surface area contributed by atoms with E-state index in [1.165, 1.54) is 6.21 Å². The second-order valence-corrected chi connectivity index (χ2v) is 7.13. The van der Waals surface area contributed by atoms with E-state index >= 15 is 0 Å². The lowest BCUT2D eigenvalue weighted by atomic mass is 10.1. The summed E-state index contributed by atoms with van der Waals surface area (Å²) in [5.74, 6) is 0.135. The maximum atomic E-state index is 12.2. The molecular weight excluding hydrogens is 390 g/mol. The average molecular weight is 409 g/mol. The fraction of sp³-hybridized carbons (Fsp3) is 0.150. The zero-order valence-electron chi connectivity index (χ0n) is 15.9. The molecule has 9 heteroatoms. The SMILES string of the molecule is COc1ccc(/C=N/NC(=O)Cc2nnc(NC(=O)c3ccc(C)cc3)s2)cc1. The number of benzene rings is 2. The summed E-state index contributed by atoms with van der Waals surface area (Å²) in [6.45, 7) is 1.95. The number of rotatable bonds is 7. The highest BCUT2D eigenvalue weighted by atomic mass is 32.1. The predicted octanol–water partition coefficient (Wildman–Crippen LogP) is 2.80. The average Bonchev–Trinajstić information content (AvgIpc) is 3.15. The van der Waals surface area contributed by atoms with Crippen molar-refractivity contribution in [2.45, 2.75) is 13.3 Å². The van der Waals surface area contributed by atoms with E-state index in [0.29, 0.717) is 15.7 Å². The van der Waals surface area contributed by atoms with Gasteiger partial charge >= 0.3 is 0 Å². The summed E-state index contributed by atoms with van der Waals surface area (Å²) in [4.78, 5) is 24.2. The first-order valence-electron chi connectivity index (χ1n) is 8.70. The molecule has 2 N–H and O–H groups in total. The first-order chi connectivity index (χ1) is 14.0. The van der Waals surface area contributed by atoms with E-state index in [9.17, 15) is 9.59 Å². The molecule has 0 radical (unpaired) electrons. The van der Waals surface area contributed by atoms with Crippen LogP contribution in [0.4, 0.5) is 5.13 Å². The Morgan fingerprint density at radius 2 is 1.83 bits per heavy atom. The molecule has 0 saturated carbocycles. The monoisotopic (exact) mass is 409 g/mol. The van der Waals surface area contributed by atoms with Crippen LogP contribution in [-0.2, 0) is 11.2 Å². The number of nitrogens with zero attached hydrogens (tertiary/aromatic N) is 3. The smallest absolute Gasteiger partial charge is 0.257 e. The predicted molar refractivity (Wildman–Crippen MR) is 111 cm³/mol. The number of anilines is 1. The number of hydrazone groups is 1. The second-order valence-electron chi connectivity index (χ2n) is 6.06. The molecule has 0 atom stereocenters. The maximum Gasteiger partial charge on any atom is 0.257 e. The lowest BCUT2D eigenvalue weighted by Crippen LogP contribution is -2.19. The summed E-state index contributed by atoms with van der Waals surface area (Å²) in [6, 6.07) is 14.4. The molecule has 148 valence electrons. The van der Waals surface area contributed by atoms with Crippen molar-refractivity contribution in [3.63, 3.8) is 0 Å². The van der Waals surface area contributed by atoms with Crippen LogP contribution in [0.25, 0.3) is 0 Å². The number of nitrogens with one attached hydrogen (secondary N) is 2. The van der Waals surface area contributed by atoms with Gasteiger partial charge in [0.15, 0.2) is 0 Å². The van der Waals surface area contributed by atoms with E-state index in [2.05, 4.69) is 26.0 Å². The molecule has 8 nitrogen and oxygen atoms in total. The molecule has 2 amide bonds. The Hall–Kier alpha value is -3.59. The van der Waals surface area contributed by atoms with Crippen molar-refractivity contribution in [3.8, 4) is 5.75 Å². The Kier molecular flexibility index (Phi) is 6.64. The van der Waals surface area contributed by atoms with E-state index < -0.39 is 0 Å². The number of carbonyl (C=O) groups is 2. The Bertz CT molecular complexity index is 1010. The molecule has 2 aromatic carbocycles. The van der Waals surface area contributed by atoms with E-state index in [1.54, 1.807) is 31.4 Å². The lowest BCUT2D eigenvalue weighted by Gasteiger charge is -2.01. The molecule has 0 aliphatic rings. The molecule has 1 heterocycles. The molecular formula is C20H19N5O3S. The van der Waals surface area contributed by atoms with Crippen LogP contribution in [0.1, 0.15) is 26.5 Å². The molecule has 1 aromatic heterocycles. The van der Waals surface area contributed by atoms with Crippen LogP contribution in [0.15, 0.2) is 53.6 Å². The van der Waals surface area contributed by atoms with Crippen LogP contribution in [0, 0.1) is 6.92 Å². The van der Waals surface area contributed by atoms with Crippen molar-refractivity contribution in [1.82, 2.24) is 15.6 Å². The molecule has 3 rings (SSSR count). The number of hydrogen-bond acceptors (Lipinski definition) is 7. The molecule has 0 fully saturated rings. The van der Waals surface area contributed by atoms with Crippen molar-refractivity contribution in [1.29, 1.82) is 0 Å². The van der Waals surface area contributed by atoms with Gasteiger partial charge in [-0.3, -0.25) is 14.9 Å². The van der Waals surface area contributed by atoms with Gasteiger partial charge in [0.25, 0.3) is 5.91 Å². The van der Waals surface area contributed by atoms with Crippen molar-refractivity contribution in [3.05, 3.63) is 70.2 Å². The van der Waals surface area contributed by atoms with Gasteiger partial charge in [-0.05, 0) is 48.9 Å². The van der Waals surface area contributed by atoms with Gasteiger partial charge in [-0.2, -0.15) is 5.10 Å². The Labute approximate surface area is 171 Å². The van der Waals surface area contributed by atoms with Gasteiger partial charge in [-0.1, -0.05) is 29.0 Å². The molecule has 0 spiro atoms. The summed E-state index contributed by atoms with van der Waals surface area (Å²) in [6.07, 6.45) is 1.54. The number of methoxy groups -OCH3 is 1. The standard InChI is InChI=1S/C20H19N5O3S/c1-13-3-7-15(8-4-13)19(27)22-20-25-24-18(29-20)11-17(26)23-21-12-14-5-9-16(28-2)10-6-14/h3-10,12H,11H2,1-2H3,(H,23,26)(H,22,25,27)/b21-12+. The largest absolute Gasteiger partial charge is 0.497 e. The van der Waals surface area contributed by atoms with Gasteiger partial charge in [0, 0.05) is 5.56 Å². The number of ether oxygens (including phenoxy) is 1. The molecule has 0 unspecified atom stereocenters. The summed E-state index contributed by atoms with van der Waals surface area (Å²) < 4.78 is 5.08. The molecule has 0 aliphatic heterocycles. The van der Waals surface area contributed by atoms with Crippen molar-refractivity contribution >= 4 is 34.5 Å². The van der Waals surface area contributed by atoms with Gasteiger partial charge in [-0.15, -0.1) is 10.2 Å². The van der Waals surface area contributed by atoms with Gasteiger partial charge in [0.1, 0.15) is 10.8 Å². The van der Waals surface area contributed by atoms with Crippen LogP contribution in [0.2, 0.25) is 0 Å². The number of aryl methyl sites for hydroxylation is 1. The van der Waals surface area contributed by atoms with Crippen LogP contribution < -0.4 is 15.5 Å². The van der Waals surface area contributed by atoms with Crippen molar-refractivity contribution in [2.24, 2.45) is 5.10 Å². The fourth-order valence-corrected chi connectivity index (χ4v) is 3.03. The van der Waals surface area contributed by atoms with Gasteiger partial charge in [-0.25, -0.2) is 5.43 Å². The highest BCUT2D eigenvalue weighted by molar-refractivity contribution is 7.15. The van der Waals surface area contributed by atoms with Crippen molar-refractivity contribution in [2.75, 3.05) is 12.4 Å². The third-order valence-electron chi connectivity index (χ3n) is 3.83. The summed E-state index contributed by atoms with van der Waals surface area (Å²) >= 11 is 1.14. The number of amides is 2. The van der Waals surface area contributed by atoms with Crippen LogP contribution in [-0.4, -0.2) is 35.3 Å². The molecule has 0 aliphatic carbocycles. The number of hydrogen-bond donors (Lipinski definition) is 2. The Morgan fingerprint density at radius 3 is 2.52 bits per heavy atom. The number of aromatic nitrogens is 2. The lowest BCUT2D eigenvalue weighted by molar-refractivity contribution is -0.120. The van der Waals surface area contributed by atoms with Crippen LogP contribution in [0.3, 0.4) is 0 Å². The minimum Gasteiger partial charge on any atom is -0.497 e. The van der Waals surface area contributed by atoms with Crippen molar-refractivity contribution < 1.29 is 14.3 Å². The summed E-state index contributed by atoms with van der Waals surface area (Å²) in [5, 5.41) is 15.2. The van der Waals surface area contributed by atoms with E-state index in [4.69, 9.17) is 4.74 Å². The highest BCUT2D eigenvalue weighted by Crippen LogP contribution is 2.17. The van der Waals surface area contributed by atoms with E-state index in [-0.39, 0.29) is 18.2 Å². The van der Waals surface area contributed by atoms with Gasteiger partial charge in [0.2, 0.25) is 11.0 Å². The molecule has 29 heavy (non-hydrogen) atoms. The Morgan fingerprint density at radius 1 is 1.10 bits per heavy atom. The van der Waals surface area contributed by atoms with Crippen LogP contribution >= 0.6 is 11.3 Å². The third kappa shape index (κ3) is 5.94. The van der Waals surface area contributed by atoms with Gasteiger partial charge < -0.3 is 4.74 Å². The molecule has 0 bridgehead atoms. The Balaban J connectivity index is 1.49. The highest BCUT2D eigenvalue weighted by Gasteiger charge is 2.12. The second kappa shape index (κ2) is 9.56. The minimum absolute atomic E-state index is 0.0119. The summed E-state index contributed by atoms with van der Waals surface area (Å²) in [5.41, 5.74) is 4.86. The number of carbonyl (C=O) groups excluding carboxylic acids is 2. The fourth-order valence-electron chi connectivity index (χ4n) is 2.30. The zero-order valence-corrected chi connectivity index (χ0v) is 16.7. The molecule has 3 aromatic rings. The maximum absolute atomic E-state index is 12.2. The minimum atomic E-state index is -0.331. The van der Waals surface area contributed by atoms with E-state index in [1.807, 2.05) is 31.2 Å². The first-order valence-corrected chi connectivity index (χ1v) is 9.51. The van der Waals surface area contributed by atoms with E-state index in [0.717, 1.165) is 28.2 Å².